The predicted molar refractivity (Wildman–Crippen MR) is 112 cm³/mol. The van der Waals surface area contributed by atoms with E-state index in [2.05, 4.69) is 22.5 Å². The van der Waals surface area contributed by atoms with Gasteiger partial charge in [-0.2, -0.15) is 0 Å². The van der Waals surface area contributed by atoms with Crippen LogP contribution in [0.25, 0.3) is 0 Å². The van der Waals surface area contributed by atoms with Gasteiger partial charge in [-0.25, -0.2) is 0 Å². The van der Waals surface area contributed by atoms with Gasteiger partial charge in [0.1, 0.15) is 6.04 Å². The molecule has 0 aliphatic rings. The maximum Gasteiger partial charge on any atom is 0.230 e. The van der Waals surface area contributed by atoms with Crippen molar-refractivity contribution in [1.82, 2.24) is 5.32 Å². The van der Waals surface area contributed by atoms with Crippen LogP contribution in [-0.2, 0) is 9.59 Å². The van der Waals surface area contributed by atoms with E-state index in [9.17, 15) is 14.7 Å². The quantitative estimate of drug-likeness (QED) is 0.151. The fraction of sp³-hybridized carbons (Fsp3) is 0.421. The number of carboxylic acids is 1. The lowest BCUT2D eigenvalue weighted by atomic mass is 10.2. The minimum Gasteiger partial charge on any atom is -0.544 e. The van der Waals surface area contributed by atoms with E-state index < -0.39 is 12.0 Å². The minimum absolute atomic E-state index is 0.159. The molecular weight excluding hydrogens is 378 g/mol. The number of carbonyl (C=O) groups is 2. The van der Waals surface area contributed by atoms with Crippen molar-refractivity contribution in [1.29, 1.82) is 0 Å². The van der Waals surface area contributed by atoms with Crippen LogP contribution in [0.5, 0.6) is 0 Å². The van der Waals surface area contributed by atoms with Crippen LogP contribution < -0.4 is 31.3 Å². The second-order valence-corrected chi connectivity index (χ2v) is 7.13. The van der Waals surface area contributed by atoms with Crippen LogP contribution in [0.4, 0.5) is 11.4 Å². The Kier molecular flexibility index (Phi) is 10.8. The molecule has 0 aromatic heterocycles. The van der Waals surface area contributed by atoms with E-state index in [1.165, 1.54) is 4.90 Å². The van der Waals surface area contributed by atoms with E-state index in [0.29, 0.717) is 29.6 Å². The number of carbonyl (C=O) groups excluding carboxylic acids is 2. The highest BCUT2D eigenvalue weighted by Gasteiger charge is 2.18. The Bertz CT molecular complexity index is 681. The molecule has 0 radical (unpaired) electrons. The molecule has 0 spiro atoms. The predicted octanol–water partition coefficient (Wildman–Crippen LogP) is -2.30. The Balaban J connectivity index is 2.55. The van der Waals surface area contributed by atoms with E-state index in [4.69, 9.17) is 12.2 Å². The first-order valence-corrected chi connectivity index (χ1v) is 9.61. The van der Waals surface area contributed by atoms with Gasteiger partial charge >= 0.3 is 0 Å². The molecule has 0 saturated carbocycles. The molecule has 0 bridgehead atoms. The SMILES string of the molecule is C=CCNC(=S)Nc1cccc(NC(=O)C[C@H]([NH2+]CCC[NH+](C)C)C(=O)[O-])c1. The molecule has 28 heavy (non-hydrogen) atoms. The van der Waals surface area contributed by atoms with E-state index in [0.717, 1.165) is 13.0 Å². The monoisotopic (exact) mass is 408 g/mol. The van der Waals surface area contributed by atoms with Crippen LogP contribution in [-0.4, -0.2) is 56.8 Å². The van der Waals surface area contributed by atoms with Gasteiger partial charge in [0.25, 0.3) is 0 Å². The molecule has 1 amide bonds. The smallest absolute Gasteiger partial charge is 0.230 e. The van der Waals surface area contributed by atoms with Crippen LogP contribution >= 0.6 is 12.2 Å². The number of nitrogens with two attached hydrogens (primary N) is 1. The van der Waals surface area contributed by atoms with Crippen LogP contribution in [0.3, 0.4) is 0 Å². The topological polar surface area (TPSA) is 114 Å². The Morgan fingerprint density at radius 3 is 2.61 bits per heavy atom. The van der Waals surface area contributed by atoms with Gasteiger partial charge in [-0.3, -0.25) is 4.79 Å². The first kappa shape index (κ1) is 23.5. The highest BCUT2D eigenvalue weighted by atomic mass is 32.1. The number of quaternary nitrogens is 2. The minimum atomic E-state index is -1.23. The molecule has 6 N–H and O–H groups in total. The standard InChI is InChI=1S/C19H29N5O3S/c1-4-9-21-19(28)23-15-8-5-7-14(12-15)22-17(25)13-16(18(26)27)20-10-6-11-24(2)3/h4-5,7-8,12,16,20H,1,6,9-11,13H2,2-3H3,(H,22,25)(H,26,27)(H2,21,23,28)/p+1/t16-/m0/s1. The average molecular weight is 409 g/mol. The second kappa shape index (κ2) is 12.8. The zero-order chi connectivity index (χ0) is 20.9. The number of hydrogen-bond acceptors (Lipinski definition) is 4. The maximum absolute atomic E-state index is 12.2. The number of anilines is 2. The van der Waals surface area contributed by atoms with Crippen molar-refractivity contribution in [2.24, 2.45) is 0 Å². The summed E-state index contributed by atoms with van der Waals surface area (Å²) in [6.45, 7) is 5.71. The van der Waals surface area contributed by atoms with Crippen molar-refractivity contribution < 1.29 is 24.9 Å². The van der Waals surface area contributed by atoms with Gasteiger partial charge in [-0.15, -0.1) is 6.58 Å². The molecule has 8 nitrogen and oxygen atoms in total. The molecule has 0 saturated heterocycles. The lowest BCUT2D eigenvalue weighted by Crippen LogP contribution is -3.06. The normalized spacial score (nSPS) is 11.5. The van der Waals surface area contributed by atoms with Crippen molar-refractivity contribution >= 4 is 40.6 Å². The summed E-state index contributed by atoms with van der Waals surface area (Å²) in [6.07, 6.45) is 2.40. The summed E-state index contributed by atoms with van der Waals surface area (Å²) in [5.74, 6) is -1.62. The molecule has 154 valence electrons. The Hall–Kier alpha value is -2.49. The first-order chi connectivity index (χ1) is 13.3. The molecule has 1 rings (SSSR count). The van der Waals surface area contributed by atoms with Crippen molar-refractivity contribution in [3.8, 4) is 0 Å². The van der Waals surface area contributed by atoms with Crippen LogP contribution in [0.15, 0.2) is 36.9 Å². The van der Waals surface area contributed by atoms with E-state index in [1.807, 2.05) is 20.2 Å². The first-order valence-electron chi connectivity index (χ1n) is 9.20. The summed E-state index contributed by atoms with van der Waals surface area (Å²) in [5.41, 5.74) is 1.25. The number of benzene rings is 1. The lowest BCUT2D eigenvalue weighted by molar-refractivity contribution is -0.860. The Labute approximate surface area is 171 Å². The fourth-order valence-corrected chi connectivity index (χ4v) is 2.67. The third-order valence-corrected chi connectivity index (χ3v) is 4.10. The second-order valence-electron chi connectivity index (χ2n) is 6.72. The summed E-state index contributed by atoms with van der Waals surface area (Å²) in [5, 5.41) is 22.1. The Morgan fingerprint density at radius 1 is 1.32 bits per heavy atom. The van der Waals surface area contributed by atoms with Gasteiger partial charge in [0.2, 0.25) is 5.91 Å². The highest BCUT2D eigenvalue weighted by molar-refractivity contribution is 7.80. The zero-order valence-electron chi connectivity index (χ0n) is 16.4. The molecule has 0 aliphatic carbocycles. The van der Waals surface area contributed by atoms with Gasteiger partial charge in [0.15, 0.2) is 5.11 Å². The molecule has 1 aromatic rings. The van der Waals surface area contributed by atoms with Crippen molar-refractivity contribution in [2.75, 3.05) is 44.4 Å². The summed E-state index contributed by atoms with van der Waals surface area (Å²) in [7, 11) is 4.07. The number of amides is 1. The third-order valence-electron chi connectivity index (χ3n) is 3.85. The van der Waals surface area contributed by atoms with Crippen molar-refractivity contribution in [3.63, 3.8) is 0 Å². The molecule has 0 unspecified atom stereocenters. The zero-order valence-corrected chi connectivity index (χ0v) is 17.2. The van der Waals surface area contributed by atoms with Gasteiger partial charge in [0.05, 0.1) is 39.6 Å². The number of hydrogen-bond donors (Lipinski definition) is 5. The highest BCUT2D eigenvalue weighted by Crippen LogP contribution is 2.15. The number of aliphatic carboxylic acids is 1. The lowest BCUT2D eigenvalue weighted by Gasteiger charge is -2.17. The molecule has 1 aromatic carbocycles. The number of rotatable bonds is 12. The molecule has 0 heterocycles. The summed E-state index contributed by atoms with van der Waals surface area (Å²) < 4.78 is 0. The van der Waals surface area contributed by atoms with Crippen LogP contribution in [0.1, 0.15) is 12.8 Å². The van der Waals surface area contributed by atoms with Crippen LogP contribution in [0, 0.1) is 0 Å². The molecule has 9 heteroatoms. The number of carboxylic acid groups (broad SMARTS) is 1. The molecule has 1 atom stereocenters. The maximum atomic E-state index is 12.2. The molecule has 0 fully saturated rings. The largest absolute Gasteiger partial charge is 0.544 e. The molecule has 0 aliphatic heterocycles. The van der Waals surface area contributed by atoms with Gasteiger partial charge in [0, 0.05) is 24.3 Å². The third kappa shape index (κ3) is 10.0. The summed E-state index contributed by atoms with van der Waals surface area (Å²) in [6, 6.07) is 6.11. The van der Waals surface area contributed by atoms with Gasteiger partial charge in [-0.1, -0.05) is 12.1 Å². The number of nitrogens with one attached hydrogen (secondary N) is 4. The van der Waals surface area contributed by atoms with E-state index >= 15 is 0 Å². The summed E-state index contributed by atoms with van der Waals surface area (Å²) in [4.78, 5) is 24.9. The van der Waals surface area contributed by atoms with Gasteiger partial charge in [-0.05, 0) is 30.4 Å². The van der Waals surface area contributed by atoms with Gasteiger partial charge < -0.3 is 36.1 Å². The van der Waals surface area contributed by atoms with Crippen molar-refractivity contribution in [3.05, 3.63) is 36.9 Å². The van der Waals surface area contributed by atoms with E-state index in [1.54, 1.807) is 29.6 Å². The van der Waals surface area contributed by atoms with E-state index in [-0.39, 0.29) is 12.3 Å². The fourth-order valence-electron chi connectivity index (χ4n) is 2.46. The average Bonchev–Trinajstić information content (AvgIpc) is 2.62. The Morgan fingerprint density at radius 2 is 2.00 bits per heavy atom. The van der Waals surface area contributed by atoms with Crippen molar-refractivity contribution in [2.45, 2.75) is 18.9 Å². The molecular formula is C19H30N5O3S+. The van der Waals surface area contributed by atoms with Crippen LogP contribution in [0.2, 0.25) is 0 Å². The number of thiocarbonyl (C=S) groups is 1. The summed E-state index contributed by atoms with van der Waals surface area (Å²) >= 11 is 5.15.